The Morgan fingerprint density at radius 2 is 1.86 bits per heavy atom. The van der Waals surface area contributed by atoms with Crippen LogP contribution in [0.25, 0.3) is 0 Å². The average molecular weight is 389 g/mol. The quantitative estimate of drug-likeness (QED) is 0.831. The highest BCUT2D eigenvalue weighted by Crippen LogP contribution is 2.22. The minimum atomic E-state index is -0.481. The van der Waals surface area contributed by atoms with Crippen LogP contribution in [-0.2, 0) is 16.1 Å². The molecule has 154 valence electrons. The van der Waals surface area contributed by atoms with Crippen molar-refractivity contribution in [2.24, 2.45) is 0 Å². The van der Waals surface area contributed by atoms with Crippen molar-refractivity contribution in [3.8, 4) is 5.75 Å². The Kier molecular flexibility index (Phi) is 6.25. The van der Waals surface area contributed by atoms with Gasteiger partial charge in [-0.1, -0.05) is 12.1 Å². The van der Waals surface area contributed by atoms with Crippen LogP contribution < -0.4 is 10.1 Å². The second-order valence-corrected chi connectivity index (χ2v) is 8.57. The van der Waals surface area contributed by atoms with Crippen molar-refractivity contribution in [2.75, 3.05) is 32.7 Å². The van der Waals surface area contributed by atoms with Crippen LogP contribution in [0.2, 0.25) is 0 Å². The second-order valence-electron chi connectivity index (χ2n) is 8.57. The summed E-state index contributed by atoms with van der Waals surface area (Å²) in [7, 11) is 0. The van der Waals surface area contributed by atoms with Crippen molar-refractivity contribution in [2.45, 2.75) is 52.0 Å². The first kappa shape index (κ1) is 20.6. The molecule has 7 heteroatoms. The molecular formula is C21H31N3O4. The van der Waals surface area contributed by atoms with Crippen LogP contribution in [0.15, 0.2) is 24.3 Å². The van der Waals surface area contributed by atoms with Gasteiger partial charge < -0.3 is 19.7 Å². The Bertz CT molecular complexity index is 693. The lowest BCUT2D eigenvalue weighted by Crippen LogP contribution is -2.57. The number of nitrogens with zero attached hydrogens (tertiary/aromatic N) is 2. The topological polar surface area (TPSA) is 71.1 Å². The van der Waals surface area contributed by atoms with Gasteiger partial charge in [-0.2, -0.15) is 0 Å². The molecule has 1 N–H and O–H groups in total. The Morgan fingerprint density at radius 1 is 1.18 bits per heavy atom. The number of ketones is 1. The number of piperazine rings is 1. The number of benzene rings is 1. The summed E-state index contributed by atoms with van der Waals surface area (Å²) in [6.45, 7) is 11.5. The lowest BCUT2D eigenvalue weighted by Gasteiger charge is -2.39. The van der Waals surface area contributed by atoms with Crippen LogP contribution in [0.4, 0.5) is 4.79 Å². The largest absolute Gasteiger partial charge is 0.487 e. The van der Waals surface area contributed by atoms with E-state index < -0.39 is 5.60 Å². The van der Waals surface area contributed by atoms with E-state index in [-0.39, 0.29) is 24.0 Å². The summed E-state index contributed by atoms with van der Waals surface area (Å²) < 4.78 is 11.3. The molecule has 7 nitrogen and oxygen atoms in total. The molecule has 2 heterocycles. The summed E-state index contributed by atoms with van der Waals surface area (Å²) in [4.78, 5) is 27.7. The number of Topliss-reactive ketones (excluding diaryl/α,β-unsaturated/α-hetero) is 1. The van der Waals surface area contributed by atoms with E-state index in [1.807, 2.05) is 45.0 Å². The molecule has 2 aliphatic heterocycles. The summed E-state index contributed by atoms with van der Waals surface area (Å²) in [5, 5.41) is 3.28. The van der Waals surface area contributed by atoms with Gasteiger partial charge in [0.15, 0.2) is 0 Å². The molecule has 0 bridgehead atoms. The lowest BCUT2D eigenvalue weighted by molar-refractivity contribution is -0.123. The first-order valence-corrected chi connectivity index (χ1v) is 9.90. The molecule has 3 rings (SSSR count). The van der Waals surface area contributed by atoms with E-state index in [2.05, 4.69) is 10.2 Å². The normalized spacial score (nSPS) is 21.1. The summed E-state index contributed by atoms with van der Waals surface area (Å²) >= 11 is 0. The number of nitrogens with one attached hydrogen (secondary N) is 1. The SMILES string of the molecule is CC(=O)C1CNCCN1Cc1ccc(OC2CN(C(=O)OC(C)(C)C)C2)cc1. The molecule has 1 atom stereocenters. The van der Waals surface area contributed by atoms with E-state index in [0.717, 1.165) is 30.9 Å². The highest BCUT2D eigenvalue weighted by Gasteiger charge is 2.35. The third-order valence-corrected chi connectivity index (χ3v) is 4.94. The molecule has 1 unspecified atom stereocenters. The first-order chi connectivity index (χ1) is 13.2. The summed E-state index contributed by atoms with van der Waals surface area (Å²) in [5.74, 6) is 0.993. The fraction of sp³-hybridized carbons (Fsp3) is 0.619. The molecule has 28 heavy (non-hydrogen) atoms. The predicted octanol–water partition coefficient (Wildman–Crippen LogP) is 2.05. The molecule has 0 saturated carbocycles. The molecule has 1 aromatic rings. The zero-order valence-corrected chi connectivity index (χ0v) is 17.2. The number of hydrogen-bond donors (Lipinski definition) is 1. The van der Waals surface area contributed by atoms with Crippen LogP contribution in [0.3, 0.4) is 0 Å². The van der Waals surface area contributed by atoms with E-state index in [4.69, 9.17) is 9.47 Å². The number of hydrogen-bond acceptors (Lipinski definition) is 6. The average Bonchev–Trinajstić information content (AvgIpc) is 2.57. The zero-order chi connectivity index (χ0) is 20.3. The number of rotatable bonds is 5. The number of ether oxygens (including phenoxy) is 2. The summed E-state index contributed by atoms with van der Waals surface area (Å²) in [6, 6.07) is 7.93. The maximum absolute atomic E-state index is 12.0. The number of likely N-dealkylation sites (tertiary alicyclic amines) is 1. The minimum Gasteiger partial charge on any atom is -0.487 e. The van der Waals surface area contributed by atoms with Crippen LogP contribution in [0.5, 0.6) is 5.75 Å². The number of carbonyl (C=O) groups is 2. The predicted molar refractivity (Wildman–Crippen MR) is 106 cm³/mol. The second kappa shape index (κ2) is 8.49. The van der Waals surface area contributed by atoms with Crippen LogP contribution >= 0.6 is 0 Å². The standard InChI is InChI=1S/C21H31N3O4/c1-15(25)19-11-22-9-10-23(19)12-16-5-7-17(8-6-16)27-18-13-24(14-18)20(26)28-21(2,3)4/h5-8,18-19,22H,9-14H2,1-4H3. The summed E-state index contributed by atoms with van der Waals surface area (Å²) in [6.07, 6.45) is -0.299. The molecule has 0 aromatic heterocycles. The van der Waals surface area contributed by atoms with E-state index in [9.17, 15) is 9.59 Å². The van der Waals surface area contributed by atoms with E-state index >= 15 is 0 Å². The van der Waals surface area contributed by atoms with Gasteiger partial charge in [0.2, 0.25) is 0 Å². The monoisotopic (exact) mass is 389 g/mol. The maximum atomic E-state index is 12.0. The Morgan fingerprint density at radius 3 is 2.46 bits per heavy atom. The molecular weight excluding hydrogens is 358 g/mol. The van der Waals surface area contributed by atoms with Gasteiger partial charge in [0.25, 0.3) is 0 Å². The van der Waals surface area contributed by atoms with Gasteiger partial charge in [0, 0.05) is 26.2 Å². The third kappa shape index (κ3) is 5.45. The van der Waals surface area contributed by atoms with Gasteiger partial charge in [0.05, 0.1) is 19.1 Å². The molecule has 0 radical (unpaired) electrons. The fourth-order valence-corrected chi connectivity index (χ4v) is 3.43. The molecule has 2 fully saturated rings. The smallest absolute Gasteiger partial charge is 0.410 e. The molecule has 1 amide bonds. The highest BCUT2D eigenvalue weighted by molar-refractivity contribution is 5.81. The Labute approximate surface area is 167 Å². The highest BCUT2D eigenvalue weighted by atomic mass is 16.6. The van der Waals surface area contributed by atoms with Gasteiger partial charge in [-0.25, -0.2) is 4.79 Å². The first-order valence-electron chi connectivity index (χ1n) is 9.90. The minimum absolute atomic E-state index is 0.00590. The molecule has 2 saturated heterocycles. The zero-order valence-electron chi connectivity index (χ0n) is 17.2. The van der Waals surface area contributed by atoms with E-state index in [0.29, 0.717) is 19.6 Å². The Balaban J connectivity index is 1.47. The van der Waals surface area contributed by atoms with Crippen molar-refractivity contribution in [3.63, 3.8) is 0 Å². The van der Waals surface area contributed by atoms with Crippen molar-refractivity contribution < 1.29 is 19.1 Å². The van der Waals surface area contributed by atoms with Gasteiger partial charge >= 0.3 is 6.09 Å². The van der Waals surface area contributed by atoms with Crippen LogP contribution in [0.1, 0.15) is 33.3 Å². The van der Waals surface area contributed by atoms with Crippen molar-refractivity contribution >= 4 is 11.9 Å². The van der Waals surface area contributed by atoms with Gasteiger partial charge in [-0.15, -0.1) is 0 Å². The lowest BCUT2D eigenvalue weighted by atomic mass is 10.1. The van der Waals surface area contributed by atoms with Crippen molar-refractivity contribution in [1.29, 1.82) is 0 Å². The van der Waals surface area contributed by atoms with Gasteiger partial charge in [-0.05, 0) is 45.4 Å². The summed E-state index contributed by atoms with van der Waals surface area (Å²) in [5.41, 5.74) is 0.675. The molecule has 0 spiro atoms. The molecule has 2 aliphatic rings. The van der Waals surface area contributed by atoms with Crippen LogP contribution in [-0.4, -0.2) is 72.1 Å². The number of carbonyl (C=O) groups excluding carboxylic acids is 2. The Hall–Kier alpha value is -2.12. The van der Waals surface area contributed by atoms with Crippen molar-refractivity contribution in [3.05, 3.63) is 29.8 Å². The third-order valence-electron chi connectivity index (χ3n) is 4.94. The van der Waals surface area contributed by atoms with Gasteiger partial charge in [-0.3, -0.25) is 9.69 Å². The number of amides is 1. The maximum Gasteiger partial charge on any atom is 0.410 e. The van der Waals surface area contributed by atoms with Gasteiger partial charge in [0.1, 0.15) is 23.2 Å². The van der Waals surface area contributed by atoms with Crippen molar-refractivity contribution in [1.82, 2.24) is 15.1 Å². The van der Waals surface area contributed by atoms with E-state index in [1.54, 1.807) is 11.8 Å². The molecule has 0 aliphatic carbocycles. The van der Waals surface area contributed by atoms with E-state index in [1.165, 1.54) is 0 Å². The van der Waals surface area contributed by atoms with Crippen LogP contribution in [0, 0.1) is 0 Å². The fourth-order valence-electron chi connectivity index (χ4n) is 3.43. The molecule has 1 aromatic carbocycles.